The summed E-state index contributed by atoms with van der Waals surface area (Å²) in [4.78, 5) is 27.2. The second-order valence-electron chi connectivity index (χ2n) is 8.42. The molecule has 0 atom stereocenters. The molecule has 1 N–H and O–H groups in total. The largest absolute Gasteiger partial charge is 0.335 e. The lowest BCUT2D eigenvalue weighted by Gasteiger charge is -2.36. The first-order valence-electron chi connectivity index (χ1n) is 11.0. The fraction of sp³-hybridized carbons (Fsp3) is 0.333. The SMILES string of the molecule is CC(C)c1ccc(S(=O)(=O)N2CCN(C(=O)C3=CCC(=O)N(c4ccccc4)N3)CC2)cc1. The molecule has 9 heteroatoms. The van der Waals surface area contributed by atoms with Crippen LogP contribution < -0.4 is 10.4 Å². The fourth-order valence-electron chi connectivity index (χ4n) is 3.91. The zero-order valence-electron chi connectivity index (χ0n) is 18.8. The van der Waals surface area contributed by atoms with Crippen LogP contribution in [0.15, 0.2) is 71.3 Å². The maximum absolute atomic E-state index is 13.1. The van der Waals surface area contributed by atoms with E-state index in [1.807, 2.05) is 30.3 Å². The quantitative estimate of drug-likeness (QED) is 0.728. The van der Waals surface area contributed by atoms with Crippen molar-refractivity contribution in [3.63, 3.8) is 0 Å². The van der Waals surface area contributed by atoms with Crippen molar-refractivity contribution in [2.45, 2.75) is 31.1 Å². The number of hydrogen-bond acceptors (Lipinski definition) is 5. The van der Waals surface area contributed by atoms with Crippen LogP contribution in [0.4, 0.5) is 5.69 Å². The van der Waals surface area contributed by atoms with Gasteiger partial charge in [0.05, 0.1) is 10.6 Å². The number of nitrogens with zero attached hydrogens (tertiary/aromatic N) is 3. The third-order valence-electron chi connectivity index (χ3n) is 5.92. The first-order valence-corrected chi connectivity index (χ1v) is 12.5. The number of rotatable bonds is 5. The van der Waals surface area contributed by atoms with Crippen molar-refractivity contribution < 1.29 is 18.0 Å². The molecular weight excluding hydrogens is 440 g/mol. The minimum atomic E-state index is -3.62. The first kappa shape index (κ1) is 23.0. The molecule has 0 radical (unpaired) electrons. The van der Waals surface area contributed by atoms with E-state index in [-0.39, 0.29) is 49.3 Å². The number of hydrogen-bond donors (Lipinski definition) is 1. The van der Waals surface area contributed by atoms with E-state index in [2.05, 4.69) is 19.3 Å². The fourth-order valence-corrected chi connectivity index (χ4v) is 5.33. The third kappa shape index (κ3) is 4.79. The Bertz CT molecular complexity index is 1150. The summed E-state index contributed by atoms with van der Waals surface area (Å²) in [5, 5.41) is 1.37. The number of sulfonamides is 1. The summed E-state index contributed by atoms with van der Waals surface area (Å²) in [5.74, 6) is -0.0777. The molecule has 2 aliphatic heterocycles. The number of amides is 2. The maximum atomic E-state index is 13.1. The molecular formula is C24H28N4O4S. The van der Waals surface area contributed by atoms with Crippen molar-refractivity contribution >= 4 is 27.5 Å². The summed E-state index contributed by atoms with van der Waals surface area (Å²) in [6.45, 7) is 5.11. The Morgan fingerprint density at radius 2 is 1.58 bits per heavy atom. The number of carbonyl (C=O) groups excluding carboxylic acids is 2. The highest BCUT2D eigenvalue weighted by Gasteiger charge is 2.33. The van der Waals surface area contributed by atoms with Gasteiger partial charge >= 0.3 is 0 Å². The zero-order chi connectivity index (χ0) is 23.6. The molecule has 0 aromatic heterocycles. The van der Waals surface area contributed by atoms with Gasteiger partial charge in [0.25, 0.3) is 5.91 Å². The average Bonchev–Trinajstić information content (AvgIpc) is 2.84. The molecule has 0 saturated carbocycles. The van der Waals surface area contributed by atoms with Crippen LogP contribution in [-0.4, -0.2) is 55.6 Å². The minimum Gasteiger partial charge on any atom is -0.335 e. The molecule has 2 amide bonds. The first-order chi connectivity index (χ1) is 15.8. The van der Waals surface area contributed by atoms with Crippen LogP contribution >= 0.6 is 0 Å². The van der Waals surface area contributed by atoms with E-state index in [9.17, 15) is 18.0 Å². The Morgan fingerprint density at radius 3 is 2.18 bits per heavy atom. The van der Waals surface area contributed by atoms with Gasteiger partial charge in [-0.1, -0.05) is 44.2 Å². The van der Waals surface area contributed by atoms with Crippen molar-refractivity contribution in [3.05, 3.63) is 71.9 Å². The predicted molar refractivity (Wildman–Crippen MR) is 126 cm³/mol. The number of para-hydroxylation sites is 1. The molecule has 0 aliphatic carbocycles. The highest BCUT2D eigenvalue weighted by Crippen LogP contribution is 2.22. The monoisotopic (exact) mass is 468 g/mol. The van der Waals surface area contributed by atoms with Gasteiger partial charge in [0.1, 0.15) is 5.70 Å². The van der Waals surface area contributed by atoms with E-state index in [4.69, 9.17) is 0 Å². The summed E-state index contributed by atoms with van der Waals surface area (Å²) in [7, 11) is -3.62. The minimum absolute atomic E-state index is 0.115. The van der Waals surface area contributed by atoms with Gasteiger partial charge in [0.2, 0.25) is 15.9 Å². The average molecular weight is 469 g/mol. The van der Waals surface area contributed by atoms with Crippen molar-refractivity contribution in [2.24, 2.45) is 0 Å². The Labute approximate surface area is 194 Å². The summed E-state index contributed by atoms with van der Waals surface area (Å²) in [6.07, 6.45) is 1.70. The third-order valence-corrected chi connectivity index (χ3v) is 7.83. The van der Waals surface area contributed by atoms with Gasteiger partial charge in [-0.25, -0.2) is 13.4 Å². The van der Waals surface area contributed by atoms with Crippen LogP contribution in [0.1, 0.15) is 31.7 Å². The van der Waals surface area contributed by atoms with E-state index < -0.39 is 10.0 Å². The molecule has 1 fully saturated rings. The highest BCUT2D eigenvalue weighted by molar-refractivity contribution is 7.89. The number of piperazine rings is 1. The standard InChI is InChI=1S/C24H28N4O4S/c1-18(2)19-8-10-21(11-9-19)33(31,32)27-16-14-26(15-17-27)24(30)22-12-13-23(29)28(25-22)20-6-4-3-5-7-20/h3-12,18,25H,13-17H2,1-2H3. The molecule has 2 aliphatic rings. The molecule has 174 valence electrons. The lowest BCUT2D eigenvalue weighted by atomic mass is 10.0. The normalized spacial score (nSPS) is 17.7. The van der Waals surface area contributed by atoms with Gasteiger partial charge in [-0.2, -0.15) is 4.31 Å². The Kier molecular flexibility index (Phi) is 6.53. The number of hydrazine groups is 1. The summed E-state index contributed by atoms with van der Waals surface area (Å²) in [6, 6.07) is 16.1. The van der Waals surface area contributed by atoms with Gasteiger partial charge < -0.3 is 4.90 Å². The predicted octanol–water partition coefficient (Wildman–Crippen LogP) is 2.47. The number of carbonyl (C=O) groups is 2. The molecule has 1 saturated heterocycles. The number of anilines is 1. The van der Waals surface area contributed by atoms with Crippen LogP contribution in [0.3, 0.4) is 0 Å². The summed E-state index contributed by atoms with van der Waals surface area (Å²) < 4.78 is 27.5. The molecule has 2 aromatic rings. The van der Waals surface area contributed by atoms with E-state index >= 15 is 0 Å². The molecule has 0 spiro atoms. The molecule has 2 heterocycles. The van der Waals surface area contributed by atoms with Crippen LogP contribution in [0.25, 0.3) is 0 Å². The van der Waals surface area contributed by atoms with E-state index in [1.54, 1.807) is 35.2 Å². The summed E-state index contributed by atoms with van der Waals surface area (Å²) >= 11 is 0. The molecule has 8 nitrogen and oxygen atoms in total. The number of benzene rings is 2. The van der Waals surface area contributed by atoms with Crippen LogP contribution in [0, 0.1) is 0 Å². The maximum Gasteiger partial charge on any atom is 0.271 e. The number of nitrogens with one attached hydrogen (secondary N) is 1. The van der Waals surface area contributed by atoms with Crippen molar-refractivity contribution in [2.75, 3.05) is 31.2 Å². The molecule has 4 rings (SSSR count). The Hall–Kier alpha value is -3.17. The second-order valence-corrected chi connectivity index (χ2v) is 10.4. The topological polar surface area (TPSA) is 90.0 Å². The van der Waals surface area contributed by atoms with E-state index in [0.29, 0.717) is 17.3 Å². The lowest BCUT2D eigenvalue weighted by Crippen LogP contribution is -2.54. The van der Waals surface area contributed by atoms with Gasteiger partial charge in [0, 0.05) is 32.6 Å². The molecule has 2 aromatic carbocycles. The van der Waals surface area contributed by atoms with E-state index in [0.717, 1.165) is 5.56 Å². The van der Waals surface area contributed by atoms with Crippen molar-refractivity contribution in [3.8, 4) is 0 Å². The van der Waals surface area contributed by atoms with Gasteiger partial charge in [0.15, 0.2) is 0 Å². The summed E-state index contributed by atoms with van der Waals surface area (Å²) in [5.41, 5.74) is 4.98. The van der Waals surface area contributed by atoms with Crippen molar-refractivity contribution in [1.82, 2.24) is 14.6 Å². The molecule has 0 unspecified atom stereocenters. The van der Waals surface area contributed by atoms with Crippen LogP contribution in [0.5, 0.6) is 0 Å². The Balaban J connectivity index is 1.40. The smallest absolute Gasteiger partial charge is 0.271 e. The Morgan fingerprint density at radius 1 is 0.939 bits per heavy atom. The van der Waals surface area contributed by atoms with Crippen LogP contribution in [0.2, 0.25) is 0 Å². The van der Waals surface area contributed by atoms with Gasteiger partial charge in [-0.15, -0.1) is 0 Å². The van der Waals surface area contributed by atoms with Gasteiger partial charge in [-0.05, 0) is 41.8 Å². The van der Waals surface area contributed by atoms with Crippen molar-refractivity contribution in [1.29, 1.82) is 0 Å². The second kappa shape index (κ2) is 9.36. The van der Waals surface area contributed by atoms with Gasteiger partial charge in [-0.3, -0.25) is 15.0 Å². The lowest BCUT2D eigenvalue weighted by molar-refractivity contribution is -0.129. The van der Waals surface area contributed by atoms with E-state index in [1.165, 1.54) is 9.31 Å². The molecule has 33 heavy (non-hydrogen) atoms. The molecule has 0 bridgehead atoms. The zero-order valence-corrected chi connectivity index (χ0v) is 19.6. The highest BCUT2D eigenvalue weighted by atomic mass is 32.2. The van der Waals surface area contributed by atoms with Crippen LogP contribution in [-0.2, 0) is 19.6 Å².